The SMILES string of the molecule is O=C([O-])c1coc(CSc2nnc(-c3ccccc3Cl)n2-c2ccccc2)n1. The third-order valence-electron chi connectivity index (χ3n) is 3.85. The summed E-state index contributed by atoms with van der Waals surface area (Å²) in [4.78, 5) is 14.7. The Kier molecular flexibility index (Phi) is 5.14. The molecule has 0 saturated carbocycles. The number of carbonyl (C=O) groups excluding carboxylic acids is 1. The van der Waals surface area contributed by atoms with E-state index >= 15 is 0 Å². The first-order valence-electron chi connectivity index (χ1n) is 8.18. The minimum absolute atomic E-state index is 0.239. The van der Waals surface area contributed by atoms with Gasteiger partial charge in [-0.25, -0.2) is 4.98 Å². The first kappa shape index (κ1) is 18.3. The van der Waals surface area contributed by atoms with Crippen LogP contribution in [0.2, 0.25) is 5.02 Å². The topological polar surface area (TPSA) is 96.9 Å². The summed E-state index contributed by atoms with van der Waals surface area (Å²) in [7, 11) is 0. The Labute approximate surface area is 169 Å². The van der Waals surface area contributed by atoms with Gasteiger partial charge in [0.1, 0.15) is 12.0 Å². The molecule has 140 valence electrons. The number of hydrogen-bond donors (Lipinski definition) is 0. The first-order chi connectivity index (χ1) is 13.6. The largest absolute Gasteiger partial charge is 0.543 e. The number of aromatic carboxylic acids is 1. The zero-order valence-corrected chi connectivity index (χ0v) is 15.9. The lowest BCUT2D eigenvalue weighted by molar-refractivity contribution is -0.255. The van der Waals surface area contributed by atoms with Gasteiger partial charge in [0.15, 0.2) is 11.0 Å². The number of rotatable bonds is 6. The van der Waals surface area contributed by atoms with Crippen LogP contribution in [0.25, 0.3) is 17.1 Å². The fourth-order valence-electron chi connectivity index (χ4n) is 2.59. The number of carboxylic acid groups (broad SMARTS) is 1. The molecule has 0 aliphatic heterocycles. The molecule has 2 aromatic carbocycles. The van der Waals surface area contributed by atoms with E-state index in [9.17, 15) is 9.90 Å². The van der Waals surface area contributed by atoms with Crippen molar-refractivity contribution < 1.29 is 14.3 Å². The Balaban J connectivity index is 1.71. The quantitative estimate of drug-likeness (QED) is 0.449. The lowest BCUT2D eigenvalue weighted by Gasteiger charge is -2.10. The Morgan fingerprint density at radius 1 is 1.11 bits per heavy atom. The number of aromatic nitrogens is 4. The molecule has 28 heavy (non-hydrogen) atoms. The number of halogens is 1. The van der Waals surface area contributed by atoms with Gasteiger partial charge in [0, 0.05) is 11.3 Å². The van der Waals surface area contributed by atoms with Gasteiger partial charge in [0.25, 0.3) is 0 Å². The fraction of sp³-hybridized carbons (Fsp3) is 0.0526. The van der Waals surface area contributed by atoms with Crippen molar-refractivity contribution in [3.8, 4) is 17.1 Å². The molecule has 0 saturated heterocycles. The predicted octanol–water partition coefficient (Wildman–Crippen LogP) is 3.23. The van der Waals surface area contributed by atoms with Crippen molar-refractivity contribution in [3.63, 3.8) is 0 Å². The molecular formula is C19H12ClN4O3S-. The van der Waals surface area contributed by atoms with Gasteiger partial charge in [0.2, 0.25) is 5.89 Å². The maximum Gasteiger partial charge on any atom is 0.205 e. The highest BCUT2D eigenvalue weighted by molar-refractivity contribution is 7.98. The second kappa shape index (κ2) is 7.87. The second-order valence-electron chi connectivity index (χ2n) is 5.66. The van der Waals surface area contributed by atoms with E-state index < -0.39 is 5.97 Å². The molecule has 0 radical (unpaired) electrons. The van der Waals surface area contributed by atoms with E-state index in [1.165, 1.54) is 11.8 Å². The Hall–Kier alpha value is -3.10. The van der Waals surface area contributed by atoms with Gasteiger partial charge in [0.05, 0.1) is 16.7 Å². The molecule has 0 fully saturated rings. The van der Waals surface area contributed by atoms with Crippen LogP contribution in [0.15, 0.2) is 70.4 Å². The molecule has 0 bridgehead atoms. The third kappa shape index (κ3) is 3.64. The van der Waals surface area contributed by atoms with Crippen molar-refractivity contribution in [2.75, 3.05) is 0 Å². The lowest BCUT2D eigenvalue weighted by Crippen LogP contribution is -2.22. The number of nitrogens with zero attached hydrogens (tertiary/aromatic N) is 4. The Morgan fingerprint density at radius 3 is 2.57 bits per heavy atom. The van der Waals surface area contributed by atoms with Crippen LogP contribution < -0.4 is 5.11 Å². The molecule has 0 aliphatic rings. The van der Waals surface area contributed by atoms with Gasteiger partial charge in [-0.15, -0.1) is 10.2 Å². The van der Waals surface area contributed by atoms with Crippen LogP contribution in [0.3, 0.4) is 0 Å². The summed E-state index contributed by atoms with van der Waals surface area (Å²) in [5, 5.41) is 20.6. The molecule has 4 rings (SSSR count). The molecule has 4 aromatic rings. The van der Waals surface area contributed by atoms with Gasteiger partial charge in [-0.05, 0) is 24.3 Å². The standard InChI is InChI=1S/C19H13ClN4O3S/c20-14-9-5-4-8-13(14)17-22-23-19(24(17)12-6-2-1-3-7-12)28-11-16-21-15(10-27-16)18(25)26/h1-10H,11H2,(H,25,26)/p-1. The average molecular weight is 412 g/mol. The highest BCUT2D eigenvalue weighted by Gasteiger charge is 2.18. The number of hydrogen-bond acceptors (Lipinski definition) is 7. The molecule has 0 aliphatic carbocycles. The normalized spacial score (nSPS) is 10.9. The maximum atomic E-state index is 10.8. The molecule has 2 aromatic heterocycles. The highest BCUT2D eigenvalue weighted by Crippen LogP contribution is 2.32. The molecule has 0 N–H and O–H groups in total. The van der Waals surface area contributed by atoms with Crippen molar-refractivity contribution >= 4 is 29.3 Å². The van der Waals surface area contributed by atoms with E-state index in [0.717, 1.165) is 17.5 Å². The molecule has 2 heterocycles. The minimum atomic E-state index is -1.38. The maximum absolute atomic E-state index is 10.8. The Morgan fingerprint density at radius 2 is 1.86 bits per heavy atom. The van der Waals surface area contributed by atoms with E-state index in [-0.39, 0.29) is 17.3 Å². The summed E-state index contributed by atoms with van der Waals surface area (Å²) in [5.74, 6) is -0.248. The summed E-state index contributed by atoms with van der Waals surface area (Å²) in [6.45, 7) is 0. The molecule has 0 amide bonds. The zero-order valence-electron chi connectivity index (χ0n) is 14.3. The predicted molar refractivity (Wildman–Crippen MR) is 102 cm³/mol. The number of benzene rings is 2. The van der Waals surface area contributed by atoms with Crippen LogP contribution in [0.4, 0.5) is 0 Å². The van der Waals surface area contributed by atoms with Crippen LogP contribution in [0.5, 0.6) is 0 Å². The molecule has 0 unspecified atom stereocenters. The minimum Gasteiger partial charge on any atom is -0.543 e. The first-order valence-corrected chi connectivity index (χ1v) is 9.54. The van der Waals surface area contributed by atoms with Gasteiger partial charge >= 0.3 is 0 Å². The number of carbonyl (C=O) groups is 1. The van der Waals surface area contributed by atoms with Gasteiger partial charge in [-0.3, -0.25) is 4.57 Å². The van der Waals surface area contributed by atoms with Crippen LogP contribution in [0, 0.1) is 0 Å². The lowest BCUT2D eigenvalue weighted by atomic mass is 10.2. The highest BCUT2D eigenvalue weighted by atomic mass is 35.5. The van der Waals surface area contributed by atoms with E-state index in [4.69, 9.17) is 16.0 Å². The van der Waals surface area contributed by atoms with E-state index in [0.29, 0.717) is 16.0 Å². The van der Waals surface area contributed by atoms with Crippen LogP contribution in [-0.2, 0) is 5.75 Å². The molecule has 7 nitrogen and oxygen atoms in total. The fourth-order valence-corrected chi connectivity index (χ4v) is 3.61. The molecule has 9 heteroatoms. The Bertz CT molecular complexity index is 1130. The summed E-state index contributed by atoms with van der Waals surface area (Å²) >= 11 is 7.68. The monoisotopic (exact) mass is 411 g/mol. The summed E-state index contributed by atoms with van der Waals surface area (Å²) in [6, 6.07) is 17.0. The van der Waals surface area contributed by atoms with E-state index in [1.54, 1.807) is 6.07 Å². The number of carboxylic acids is 1. The smallest absolute Gasteiger partial charge is 0.205 e. The second-order valence-corrected chi connectivity index (χ2v) is 7.01. The van der Waals surface area contributed by atoms with Gasteiger partial charge < -0.3 is 14.3 Å². The van der Waals surface area contributed by atoms with Crippen LogP contribution >= 0.6 is 23.4 Å². The molecule has 0 spiro atoms. The summed E-state index contributed by atoms with van der Waals surface area (Å²) < 4.78 is 7.06. The van der Waals surface area contributed by atoms with Crippen molar-refractivity contribution in [2.45, 2.75) is 10.9 Å². The third-order valence-corrected chi connectivity index (χ3v) is 5.09. The van der Waals surface area contributed by atoms with Crippen molar-refractivity contribution in [3.05, 3.63) is 77.5 Å². The van der Waals surface area contributed by atoms with Crippen molar-refractivity contribution in [1.29, 1.82) is 0 Å². The van der Waals surface area contributed by atoms with E-state index in [1.807, 2.05) is 53.1 Å². The van der Waals surface area contributed by atoms with Crippen LogP contribution in [-0.4, -0.2) is 25.7 Å². The van der Waals surface area contributed by atoms with Gasteiger partial charge in [-0.1, -0.05) is 53.7 Å². The molecule has 0 atom stereocenters. The summed E-state index contributed by atoms with van der Waals surface area (Å²) in [6.07, 6.45) is 1.06. The van der Waals surface area contributed by atoms with Crippen LogP contribution in [0.1, 0.15) is 16.4 Å². The van der Waals surface area contributed by atoms with Crippen molar-refractivity contribution in [1.82, 2.24) is 19.7 Å². The summed E-state index contributed by atoms with van der Waals surface area (Å²) in [5.41, 5.74) is 1.38. The zero-order chi connectivity index (χ0) is 19.5. The van der Waals surface area contributed by atoms with Gasteiger partial charge in [-0.2, -0.15) is 0 Å². The van der Waals surface area contributed by atoms with Crippen molar-refractivity contribution in [2.24, 2.45) is 0 Å². The number of oxazole rings is 1. The average Bonchev–Trinajstić information content (AvgIpc) is 3.34. The number of thioether (sulfide) groups is 1. The van der Waals surface area contributed by atoms with E-state index in [2.05, 4.69) is 15.2 Å². The molecular weight excluding hydrogens is 400 g/mol. The number of para-hydroxylation sites is 1.